The summed E-state index contributed by atoms with van der Waals surface area (Å²) in [5.41, 5.74) is 0. The summed E-state index contributed by atoms with van der Waals surface area (Å²) in [7, 11) is 1.18. The maximum atomic E-state index is 12.8. The van der Waals surface area contributed by atoms with Gasteiger partial charge in [-0.3, -0.25) is 14.2 Å². The molecule has 2 unspecified atom stereocenters. The Hall–Kier alpha value is -1.51. The molecule has 0 aromatic heterocycles. The number of carbonyl (C=O) groups excluding carboxylic acids is 2. The number of likely N-dealkylation sites (N-methyl/N-ethyl adjacent to an activating group) is 1. The number of phosphoric ester groups is 1. The van der Waals surface area contributed by atoms with E-state index in [4.69, 9.17) is 18.5 Å². The molecule has 0 aliphatic heterocycles. The molecule has 0 aromatic rings. The summed E-state index contributed by atoms with van der Waals surface area (Å²) in [5.74, 6) is -0.824. The number of nitrogens with zero attached hydrogens (tertiary/aromatic N) is 1. The van der Waals surface area contributed by atoms with Gasteiger partial charge in [0.05, 0.1) is 27.7 Å². The number of hydrogen-bond acceptors (Lipinski definition) is 8. The number of carbonyl (C=O) groups is 2. The Bertz CT molecular complexity index is 1430. The van der Waals surface area contributed by atoms with Crippen molar-refractivity contribution in [1.29, 1.82) is 0 Å². The van der Waals surface area contributed by atoms with Crippen LogP contribution < -0.4 is 4.89 Å². The van der Waals surface area contributed by atoms with Crippen molar-refractivity contribution >= 4 is 19.8 Å². The van der Waals surface area contributed by atoms with Crippen LogP contribution in [0.2, 0.25) is 0 Å². The van der Waals surface area contributed by atoms with Gasteiger partial charge in [-0.15, -0.1) is 0 Å². The van der Waals surface area contributed by atoms with Crippen LogP contribution in [0.3, 0.4) is 0 Å². The summed E-state index contributed by atoms with van der Waals surface area (Å²) in [6.07, 6.45) is 80.1. The molecule has 9 nitrogen and oxygen atoms in total. The molecule has 0 amide bonds. The van der Waals surface area contributed by atoms with Gasteiger partial charge in [0.15, 0.2) is 6.10 Å². The van der Waals surface area contributed by atoms with Crippen LogP contribution >= 0.6 is 7.82 Å². The minimum atomic E-state index is -4.64. The Morgan fingerprint density at radius 3 is 0.976 bits per heavy atom. The number of quaternary nitrogens is 1. The van der Waals surface area contributed by atoms with Crippen molar-refractivity contribution in [3.05, 3.63) is 24.3 Å². The van der Waals surface area contributed by atoms with E-state index in [0.29, 0.717) is 17.4 Å². The van der Waals surface area contributed by atoms with E-state index in [1.807, 2.05) is 21.1 Å². The van der Waals surface area contributed by atoms with Crippen molar-refractivity contribution in [2.24, 2.45) is 0 Å². The molecule has 0 radical (unpaired) electrons. The third kappa shape index (κ3) is 67.6. The van der Waals surface area contributed by atoms with Gasteiger partial charge in [-0.2, -0.15) is 0 Å². The highest BCUT2D eigenvalue weighted by atomic mass is 31.2. The second-order valence-electron chi connectivity index (χ2n) is 26.0. The zero-order valence-electron chi connectivity index (χ0n) is 55.5. The van der Waals surface area contributed by atoms with Gasteiger partial charge < -0.3 is 27.9 Å². The van der Waals surface area contributed by atoms with Gasteiger partial charge in [0.25, 0.3) is 7.82 Å². The van der Waals surface area contributed by atoms with Crippen LogP contribution in [-0.4, -0.2) is 70.0 Å². The normalized spacial score (nSPS) is 13.2. The summed E-state index contributed by atoms with van der Waals surface area (Å²) < 4.78 is 34.3. The fourth-order valence-electron chi connectivity index (χ4n) is 10.9. The molecule has 0 N–H and O–H groups in total. The molecule has 0 saturated carbocycles. The van der Waals surface area contributed by atoms with Gasteiger partial charge >= 0.3 is 11.9 Å². The fraction of sp³-hybridized carbons (Fsp3) is 0.917. The number of allylic oxidation sites excluding steroid dienone is 4. The maximum Gasteiger partial charge on any atom is 0.306 e. The summed E-state index contributed by atoms with van der Waals surface area (Å²) >= 11 is 0. The van der Waals surface area contributed by atoms with Gasteiger partial charge in [0.2, 0.25) is 0 Å². The highest BCUT2D eigenvalue weighted by molar-refractivity contribution is 7.45. The highest BCUT2D eigenvalue weighted by Crippen LogP contribution is 2.38. The second kappa shape index (κ2) is 64.0. The minimum absolute atomic E-state index is 0.0300. The Balaban J connectivity index is 3.84. The maximum absolute atomic E-state index is 12.8. The van der Waals surface area contributed by atoms with E-state index in [-0.39, 0.29) is 32.0 Å². The lowest BCUT2D eigenvalue weighted by molar-refractivity contribution is -0.870. The number of ether oxygens (including phenoxy) is 2. The number of phosphoric acid groups is 1. The Morgan fingerprint density at radius 1 is 0.378 bits per heavy atom. The summed E-state index contributed by atoms with van der Waals surface area (Å²) in [5, 5.41) is 0. The quantitative estimate of drug-likeness (QED) is 0.0195. The van der Waals surface area contributed by atoms with Crippen LogP contribution in [0.25, 0.3) is 0 Å². The van der Waals surface area contributed by atoms with Crippen molar-refractivity contribution in [3.8, 4) is 0 Å². The second-order valence-corrected chi connectivity index (χ2v) is 27.4. The first-order valence-corrected chi connectivity index (χ1v) is 37.5. The molecule has 0 saturated heterocycles. The van der Waals surface area contributed by atoms with Crippen LogP contribution in [0, 0.1) is 0 Å². The van der Waals surface area contributed by atoms with E-state index < -0.39 is 26.5 Å². The standard InChI is InChI=1S/C72H140NO8P/c1-6-8-10-12-14-16-18-20-22-24-26-27-28-29-30-31-32-33-34-35-36-37-38-39-40-41-42-43-44-45-46-47-49-50-52-54-56-58-60-62-64-71(74)78-68-70(69-80-82(76,77)79-67-66-73(3,4)5)81-72(75)65-63-61-59-57-55-53-51-48-25-23-21-19-17-15-13-11-9-7-2/h17,19,23,25,70H,6-16,18,20-22,24,26-69H2,1-5H3/b19-17-,25-23-. The van der Waals surface area contributed by atoms with Crippen LogP contribution in [-0.2, 0) is 32.7 Å². The minimum Gasteiger partial charge on any atom is -0.756 e. The number of rotatable bonds is 68. The largest absolute Gasteiger partial charge is 0.756 e. The van der Waals surface area contributed by atoms with Crippen molar-refractivity contribution in [2.45, 2.75) is 380 Å². The number of esters is 2. The predicted octanol–water partition coefficient (Wildman–Crippen LogP) is 22.6. The molecule has 0 aromatic carbocycles. The average molecular weight is 1180 g/mol. The molecular formula is C72H140NO8P. The van der Waals surface area contributed by atoms with Crippen molar-refractivity contribution in [2.75, 3.05) is 47.5 Å². The van der Waals surface area contributed by atoms with Gasteiger partial charge in [0.1, 0.15) is 19.8 Å². The smallest absolute Gasteiger partial charge is 0.306 e. The third-order valence-corrected chi connectivity index (χ3v) is 17.4. The van der Waals surface area contributed by atoms with Crippen LogP contribution in [0.15, 0.2) is 24.3 Å². The third-order valence-electron chi connectivity index (χ3n) is 16.5. The van der Waals surface area contributed by atoms with Gasteiger partial charge in [-0.1, -0.05) is 340 Å². The van der Waals surface area contributed by atoms with E-state index in [9.17, 15) is 19.0 Å². The highest BCUT2D eigenvalue weighted by Gasteiger charge is 2.22. The molecule has 0 aliphatic carbocycles. The predicted molar refractivity (Wildman–Crippen MR) is 351 cm³/mol. The lowest BCUT2D eigenvalue weighted by atomic mass is 10.0. The molecular weight excluding hydrogens is 1040 g/mol. The van der Waals surface area contributed by atoms with Crippen LogP contribution in [0.1, 0.15) is 373 Å². The molecule has 0 bridgehead atoms. The Kier molecular flexibility index (Phi) is 62.8. The molecule has 0 rings (SSSR count). The zero-order valence-corrected chi connectivity index (χ0v) is 56.4. The van der Waals surface area contributed by atoms with Gasteiger partial charge in [0, 0.05) is 12.8 Å². The monoisotopic (exact) mass is 1180 g/mol. The lowest BCUT2D eigenvalue weighted by Gasteiger charge is -2.28. The first kappa shape index (κ1) is 80.5. The van der Waals surface area contributed by atoms with Crippen molar-refractivity contribution in [3.63, 3.8) is 0 Å². The van der Waals surface area contributed by atoms with Crippen molar-refractivity contribution < 1.29 is 42.1 Å². The molecule has 486 valence electrons. The molecule has 2 atom stereocenters. The van der Waals surface area contributed by atoms with Gasteiger partial charge in [-0.25, -0.2) is 0 Å². The first-order valence-electron chi connectivity index (χ1n) is 36.0. The number of unbranched alkanes of at least 4 members (excludes halogenated alkanes) is 50. The summed E-state index contributed by atoms with van der Waals surface area (Å²) in [4.78, 5) is 38.0. The van der Waals surface area contributed by atoms with E-state index in [0.717, 1.165) is 51.4 Å². The average Bonchev–Trinajstić information content (AvgIpc) is 3.46. The summed E-state index contributed by atoms with van der Waals surface area (Å²) in [6, 6.07) is 0. The molecule has 0 fully saturated rings. The zero-order chi connectivity index (χ0) is 59.8. The SMILES string of the molecule is CCCCCC/C=C\C/C=C\CCCCCCCCCC(=O)OC(COC(=O)CCCCCCCCCCCCCCCCCCCCCCCCCCCCCCCCCCCCCCCCCC)COP(=O)([O-])OCC[N+](C)(C)C. The Labute approximate surface area is 510 Å². The van der Waals surface area contributed by atoms with E-state index in [1.165, 1.54) is 289 Å². The number of hydrogen-bond donors (Lipinski definition) is 0. The first-order chi connectivity index (χ1) is 40.0. The summed E-state index contributed by atoms with van der Waals surface area (Å²) in [6.45, 7) is 4.28. The van der Waals surface area contributed by atoms with E-state index >= 15 is 0 Å². The van der Waals surface area contributed by atoms with Crippen LogP contribution in [0.5, 0.6) is 0 Å². The molecule has 0 heterocycles. The van der Waals surface area contributed by atoms with E-state index in [1.54, 1.807) is 0 Å². The lowest BCUT2D eigenvalue weighted by Crippen LogP contribution is -2.37. The molecule has 0 spiro atoms. The van der Waals surface area contributed by atoms with Crippen LogP contribution in [0.4, 0.5) is 0 Å². The molecule has 10 heteroatoms. The topological polar surface area (TPSA) is 111 Å². The van der Waals surface area contributed by atoms with Gasteiger partial charge in [-0.05, 0) is 44.9 Å². The molecule has 0 aliphatic rings. The Morgan fingerprint density at radius 2 is 0.659 bits per heavy atom. The van der Waals surface area contributed by atoms with Crippen molar-refractivity contribution in [1.82, 2.24) is 0 Å². The fourth-order valence-corrected chi connectivity index (χ4v) is 11.7. The molecule has 82 heavy (non-hydrogen) atoms. The van der Waals surface area contributed by atoms with E-state index in [2.05, 4.69) is 38.2 Å².